The Labute approximate surface area is 155 Å². The van der Waals surface area contributed by atoms with Gasteiger partial charge in [0.25, 0.3) is 0 Å². The molecule has 1 aromatic heterocycles. The van der Waals surface area contributed by atoms with E-state index in [0.717, 1.165) is 24.2 Å². The predicted octanol–water partition coefficient (Wildman–Crippen LogP) is 1.87. The fraction of sp³-hybridized carbons (Fsp3) is 0.500. The Hall–Kier alpha value is -2.18. The molecular formula is C20H30N4O2. The number of aromatic nitrogens is 2. The van der Waals surface area contributed by atoms with Crippen LogP contribution in [0.25, 0.3) is 5.69 Å². The first-order chi connectivity index (χ1) is 12.4. The Morgan fingerprint density at radius 3 is 2.65 bits per heavy atom. The number of carbonyl (C=O) groups is 1. The minimum absolute atomic E-state index is 0.0156. The molecular weight excluding hydrogens is 328 g/mol. The zero-order valence-electron chi connectivity index (χ0n) is 16.0. The van der Waals surface area contributed by atoms with Gasteiger partial charge in [0.1, 0.15) is 0 Å². The van der Waals surface area contributed by atoms with Crippen LogP contribution in [0, 0.1) is 5.41 Å². The predicted molar refractivity (Wildman–Crippen MR) is 103 cm³/mol. The van der Waals surface area contributed by atoms with Crippen molar-refractivity contribution in [2.45, 2.75) is 27.2 Å². The van der Waals surface area contributed by atoms with Crippen molar-refractivity contribution in [3.8, 4) is 5.69 Å². The number of hydrogen-bond acceptors (Lipinski definition) is 4. The van der Waals surface area contributed by atoms with Crippen molar-refractivity contribution in [3.63, 3.8) is 0 Å². The highest BCUT2D eigenvalue weighted by Crippen LogP contribution is 2.14. The maximum atomic E-state index is 12.2. The molecule has 0 aliphatic heterocycles. The van der Waals surface area contributed by atoms with Crippen LogP contribution in [0.5, 0.6) is 0 Å². The van der Waals surface area contributed by atoms with Gasteiger partial charge in [-0.05, 0) is 29.5 Å². The van der Waals surface area contributed by atoms with E-state index in [4.69, 9.17) is 0 Å². The molecule has 142 valence electrons. The molecule has 2 N–H and O–H groups in total. The van der Waals surface area contributed by atoms with Crippen molar-refractivity contribution in [2.24, 2.45) is 5.41 Å². The van der Waals surface area contributed by atoms with E-state index in [0.29, 0.717) is 19.6 Å². The number of para-hydroxylation sites is 1. The highest BCUT2D eigenvalue weighted by Gasteiger charge is 2.18. The normalized spacial score (nSPS) is 11.7. The number of nitrogens with zero attached hydrogens (tertiary/aromatic N) is 3. The molecule has 6 nitrogen and oxygen atoms in total. The Kier molecular flexibility index (Phi) is 7.36. The highest BCUT2D eigenvalue weighted by molar-refractivity contribution is 5.78. The van der Waals surface area contributed by atoms with Crippen molar-refractivity contribution in [3.05, 3.63) is 48.3 Å². The summed E-state index contributed by atoms with van der Waals surface area (Å²) in [6, 6.07) is 9.94. The summed E-state index contributed by atoms with van der Waals surface area (Å²) in [6.45, 7) is 8.59. The van der Waals surface area contributed by atoms with Crippen LogP contribution in [0.4, 0.5) is 0 Å². The Morgan fingerprint density at radius 2 is 2.00 bits per heavy atom. The van der Waals surface area contributed by atoms with Crippen molar-refractivity contribution >= 4 is 5.91 Å². The van der Waals surface area contributed by atoms with E-state index in [-0.39, 0.29) is 17.9 Å². The molecule has 1 amide bonds. The molecule has 0 atom stereocenters. The van der Waals surface area contributed by atoms with Gasteiger partial charge in [0.2, 0.25) is 5.91 Å². The van der Waals surface area contributed by atoms with E-state index in [1.165, 1.54) is 0 Å². The van der Waals surface area contributed by atoms with E-state index in [1.54, 1.807) is 0 Å². The van der Waals surface area contributed by atoms with E-state index in [1.807, 2.05) is 52.3 Å². The first-order valence-electron chi connectivity index (χ1n) is 9.06. The molecule has 0 fully saturated rings. The lowest BCUT2D eigenvalue weighted by Crippen LogP contribution is -2.42. The molecule has 0 aliphatic rings. The topological polar surface area (TPSA) is 70.4 Å². The maximum absolute atomic E-state index is 12.2. The third kappa shape index (κ3) is 6.98. The number of carbonyl (C=O) groups excluding carboxylic acids is 1. The minimum Gasteiger partial charge on any atom is -0.395 e. The van der Waals surface area contributed by atoms with Crippen molar-refractivity contribution in [1.29, 1.82) is 0 Å². The molecule has 0 saturated carbocycles. The van der Waals surface area contributed by atoms with Gasteiger partial charge in [-0.2, -0.15) is 5.10 Å². The Morgan fingerprint density at radius 1 is 1.27 bits per heavy atom. The molecule has 6 heteroatoms. The Bertz CT molecular complexity index is 677. The average molecular weight is 358 g/mol. The second-order valence-corrected chi connectivity index (χ2v) is 7.72. The molecule has 0 unspecified atom stereocenters. The van der Waals surface area contributed by atoms with Gasteiger partial charge in [-0.3, -0.25) is 9.69 Å². The van der Waals surface area contributed by atoms with Crippen LogP contribution in [0.1, 0.15) is 26.3 Å². The van der Waals surface area contributed by atoms with Crippen molar-refractivity contribution in [2.75, 3.05) is 32.8 Å². The second-order valence-electron chi connectivity index (χ2n) is 7.72. The lowest BCUT2D eigenvalue weighted by Gasteiger charge is -2.28. The zero-order chi connectivity index (χ0) is 19.0. The lowest BCUT2D eigenvalue weighted by atomic mass is 9.96. The minimum atomic E-state index is -0.0156. The molecule has 0 spiro atoms. The van der Waals surface area contributed by atoms with Gasteiger partial charge >= 0.3 is 0 Å². The average Bonchev–Trinajstić information content (AvgIpc) is 3.03. The second kappa shape index (κ2) is 9.50. The SMILES string of the molecule is CC(C)(C)CN(CCO)CC(=O)NCCc1cnn(-c2ccccc2)c1. The molecule has 2 rings (SSSR count). The number of aliphatic hydroxyl groups excluding tert-OH is 1. The van der Waals surface area contributed by atoms with Crippen LogP contribution in [-0.4, -0.2) is 58.5 Å². The van der Waals surface area contributed by atoms with Crippen molar-refractivity contribution < 1.29 is 9.90 Å². The summed E-state index contributed by atoms with van der Waals surface area (Å²) in [4.78, 5) is 14.2. The molecule has 1 heterocycles. The van der Waals surface area contributed by atoms with E-state index >= 15 is 0 Å². The van der Waals surface area contributed by atoms with E-state index < -0.39 is 0 Å². The summed E-state index contributed by atoms with van der Waals surface area (Å²) in [6.07, 6.45) is 4.55. The first-order valence-corrected chi connectivity index (χ1v) is 9.06. The zero-order valence-corrected chi connectivity index (χ0v) is 16.0. The number of rotatable bonds is 9. The van der Waals surface area contributed by atoms with Gasteiger partial charge in [0, 0.05) is 25.8 Å². The fourth-order valence-electron chi connectivity index (χ4n) is 2.84. The van der Waals surface area contributed by atoms with Gasteiger partial charge in [0.05, 0.1) is 25.0 Å². The molecule has 0 aliphatic carbocycles. The summed E-state index contributed by atoms with van der Waals surface area (Å²) in [5, 5.41) is 16.5. The highest BCUT2D eigenvalue weighted by atomic mass is 16.3. The van der Waals surface area contributed by atoms with E-state index in [9.17, 15) is 9.90 Å². The molecule has 2 aromatic rings. The molecule has 26 heavy (non-hydrogen) atoms. The first kappa shape index (κ1) is 20.1. The number of hydrogen-bond donors (Lipinski definition) is 2. The third-order valence-corrected chi connectivity index (χ3v) is 3.87. The number of benzene rings is 1. The van der Waals surface area contributed by atoms with Crippen molar-refractivity contribution in [1.82, 2.24) is 20.0 Å². The molecule has 0 bridgehead atoms. The number of aliphatic hydroxyl groups is 1. The van der Waals surface area contributed by atoms with E-state index in [2.05, 4.69) is 31.2 Å². The summed E-state index contributed by atoms with van der Waals surface area (Å²) in [5.41, 5.74) is 2.18. The largest absolute Gasteiger partial charge is 0.395 e. The van der Waals surface area contributed by atoms with Crippen LogP contribution in [0.15, 0.2) is 42.7 Å². The van der Waals surface area contributed by atoms with Gasteiger partial charge < -0.3 is 10.4 Å². The Balaban J connectivity index is 1.78. The fourth-order valence-corrected chi connectivity index (χ4v) is 2.84. The molecule has 1 aromatic carbocycles. The monoisotopic (exact) mass is 358 g/mol. The summed E-state index contributed by atoms with van der Waals surface area (Å²) in [5.74, 6) is -0.0156. The molecule has 0 radical (unpaired) electrons. The van der Waals surface area contributed by atoms with Gasteiger partial charge in [-0.1, -0.05) is 39.0 Å². The van der Waals surface area contributed by atoms with Crippen LogP contribution in [0.3, 0.4) is 0 Å². The third-order valence-electron chi connectivity index (χ3n) is 3.87. The maximum Gasteiger partial charge on any atom is 0.234 e. The van der Waals surface area contributed by atoms with Crippen LogP contribution in [-0.2, 0) is 11.2 Å². The summed E-state index contributed by atoms with van der Waals surface area (Å²) >= 11 is 0. The number of amides is 1. The smallest absolute Gasteiger partial charge is 0.234 e. The van der Waals surface area contributed by atoms with Crippen LogP contribution >= 0.6 is 0 Å². The summed E-state index contributed by atoms with van der Waals surface area (Å²) in [7, 11) is 0. The quantitative estimate of drug-likeness (QED) is 0.718. The van der Waals surface area contributed by atoms with Gasteiger partial charge in [-0.25, -0.2) is 4.68 Å². The van der Waals surface area contributed by atoms with Gasteiger partial charge in [-0.15, -0.1) is 0 Å². The lowest BCUT2D eigenvalue weighted by molar-refractivity contribution is -0.122. The van der Waals surface area contributed by atoms with Crippen LogP contribution < -0.4 is 5.32 Å². The van der Waals surface area contributed by atoms with Crippen LogP contribution in [0.2, 0.25) is 0 Å². The standard InChI is InChI=1S/C20H30N4O2/c1-20(2,3)16-23(11-12-25)15-19(26)21-10-9-17-13-22-24(14-17)18-7-5-4-6-8-18/h4-8,13-14,25H,9-12,15-16H2,1-3H3,(H,21,26). The molecule has 0 saturated heterocycles. The van der Waals surface area contributed by atoms with Gasteiger partial charge in [0.15, 0.2) is 0 Å². The summed E-state index contributed by atoms with van der Waals surface area (Å²) < 4.78 is 1.84. The number of nitrogens with one attached hydrogen (secondary N) is 1.